The molecule has 0 radical (unpaired) electrons. The smallest absolute Gasteiger partial charge is 0.0599 e. The largest absolute Gasteiger partial charge is 0.381 e. The molecule has 3 atom stereocenters. The van der Waals surface area contributed by atoms with Crippen molar-refractivity contribution >= 4 is 11.8 Å². The zero-order valence-corrected chi connectivity index (χ0v) is 12.8. The van der Waals surface area contributed by atoms with Crippen LogP contribution >= 0.6 is 11.8 Å². The van der Waals surface area contributed by atoms with E-state index in [0.717, 1.165) is 25.9 Å². The quantitative estimate of drug-likeness (QED) is 0.852. The normalized spacial score (nSPS) is 37.7. The van der Waals surface area contributed by atoms with Gasteiger partial charge >= 0.3 is 0 Å². The van der Waals surface area contributed by atoms with Gasteiger partial charge in [0.05, 0.1) is 6.10 Å². The second kappa shape index (κ2) is 6.12. The van der Waals surface area contributed by atoms with E-state index in [4.69, 9.17) is 10.5 Å². The van der Waals surface area contributed by atoms with Crippen molar-refractivity contribution in [2.75, 3.05) is 31.7 Å². The third-order valence-corrected chi connectivity index (χ3v) is 5.83. The first-order valence-corrected chi connectivity index (χ1v) is 8.30. The lowest BCUT2D eigenvalue weighted by molar-refractivity contribution is -0.0257. The van der Waals surface area contributed by atoms with Gasteiger partial charge in [-0.05, 0) is 30.4 Å². The van der Waals surface area contributed by atoms with Crippen LogP contribution in [0, 0.1) is 5.41 Å². The SMILES string of the molecule is COC1CCN(C2CSCCC2(C)C)C(CN)C1. The van der Waals surface area contributed by atoms with E-state index in [9.17, 15) is 0 Å². The summed E-state index contributed by atoms with van der Waals surface area (Å²) in [5.41, 5.74) is 6.43. The van der Waals surface area contributed by atoms with Gasteiger partial charge in [0.25, 0.3) is 0 Å². The van der Waals surface area contributed by atoms with Gasteiger partial charge in [-0.1, -0.05) is 13.8 Å². The van der Waals surface area contributed by atoms with Crippen LogP contribution in [0.2, 0.25) is 0 Å². The van der Waals surface area contributed by atoms with Gasteiger partial charge < -0.3 is 10.5 Å². The molecule has 0 bridgehead atoms. The van der Waals surface area contributed by atoms with Crippen LogP contribution in [0.25, 0.3) is 0 Å². The summed E-state index contributed by atoms with van der Waals surface area (Å²) in [6, 6.07) is 1.19. The number of likely N-dealkylation sites (tertiary alicyclic amines) is 1. The van der Waals surface area contributed by atoms with E-state index in [1.807, 2.05) is 7.11 Å². The number of thioether (sulfide) groups is 1. The van der Waals surface area contributed by atoms with E-state index in [2.05, 4.69) is 30.5 Å². The molecule has 0 saturated carbocycles. The van der Waals surface area contributed by atoms with Crippen LogP contribution in [0.15, 0.2) is 0 Å². The first kappa shape index (κ1) is 14.6. The fourth-order valence-corrected chi connectivity index (χ4v) is 5.06. The molecule has 18 heavy (non-hydrogen) atoms. The molecule has 0 aromatic rings. The molecule has 2 fully saturated rings. The van der Waals surface area contributed by atoms with Crippen molar-refractivity contribution in [3.63, 3.8) is 0 Å². The third-order valence-electron chi connectivity index (χ3n) is 4.79. The maximum atomic E-state index is 6.00. The molecule has 0 aromatic heterocycles. The zero-order chi connectivity index (χ0) is 13.2. The monoisotopic (exact) mass is 272 g/mol. The molecule has 2 heterocycles. The average Bonchev–Trinajstić information content (AvgIpc) is 2.37. The van der Waals surface area contributed by atoms with Crippen molar-refractivity contribution in [2.24, 2.45) is 11.1 Å². The maximum Gasteiger partial charge on any atom is 0.0599 e. The van der Waals surface area contributed by atoms with Crippen LogP contribution in [0.4, 0.5) is 0 Å². The number of hydrogen-bond donors (Lipinski definition) is 1. The number of piperidine rings is 1. The van der Waals surface area contributed by atoms with E-state index < -0.39 is 0 Å². The average molecular weight is 272 g/mol. The lowest BCUT2D eigenvalue weighted by Gasteiger charge is -2.50. The van der Waals surface area contributed by atoms with Crippen molar-refractivity contribution < 1.29 is 4.74 Å². The van der Waals surface area contributed by atoms with Gasteiger partial charge in [-0.2, -0.15) is 11.8 Å². The summed E-state index contributed by atoms with van der Waals surface area (Å²) in [6.45, 7) is 6.76. The second-order valence-electron chi connectivity index (χ2n) is 6.34. The van der Waals surface area contributed by atoms with Gasteiger partial charge in [0.15, 0.2) is 0 Å². The highest BCUT2D eigenvalue weighted by Gasteiger charge is 2.41. The molecule has 0 aromatic carbocycles. The third kappa shape index (κ3) is 3.03. The Morgan fingerprint density at radius 2 is 2.22 bits per heavy atom. The fourth-order valence-electron chi connectivity index (χ4n) is 3.36. The minimum Gasteiger partial charge on any atom is -0.381 e. The molecule has 2 aliphatic heterocycles. The highest BCUT2D eigenvalue weighted by atomic mass is 32.2. The minimum atomic E-state index is 0.411. The first-order chi connectivity index (χ1) is 8.58. The Bertz CT molecular complexity index is 273. The Morgan fingerprint density at radius 1 is 1.44 bits per heavy atom. The Kier molecular flexibility index (Phi) is 4.98. The van der Waals surface area contributed by atoms with Crippen molar-refractivity contribution in [2.45, 2.75) is 51.3 Å². The van der Waals surface area contributed by atoms with E-state index in [1.54, 1.807) is 0 Å². The van der Waals surface area contributed by atoms with E-state index >= 15 is 0 Å². The van der Waals surface area contributed by atoms with E-state index in [-0.39, 0.29) is 0 Å². The number of rotatable bonds is 3. The fraction of sp³-hybridized carbons (Fsp3) is 1.00. The summed E-state index contributed by atoms with van der Waals surface area (Å²) < 4.78 is 5.52. The number of hydrogen-bond acceptors (Lipinski definition) is 4. The van der Waals surface area contributed by atoms with Crippen LogP contribution in [0.1, 0.15) is 33.1 Å². The standard InChI is InChI=1S/C14H28N2OS/c1-14(2)5-7-18-10-13(14)16-6-4-12(17-3)8-11(16)9-15/h11-13H,4-10,15H2,1-3H3. The predicted molar refractivity (Wildman–Crippen MR) is 79.1 cm³/mol. The molecule has 0 spiro atoms. The van der Waals surface area contributed by atoms with Gasteiger partial charge in [0, 0.05) is 38.0 Å². The molecule has 2 aliphatic rings. The van der Waals surface area contributed by atoms with Crippen molar-refractivity contribution in [1.29, 1.82) is 0 Å². The molecule has 4 heteroatoms. The van der Waals surface area contributed by atoms with E-state index in [1.165, 1.54) is 17.9 Å². The van der Waals surface area contributed by atoms with Crippen LogP contribution in [-0.4, -0.2) is 54.8 Å². The number of nitrogens with zero attached hydrogens (tertiary/aromatic N) is 1. The second-order valence-corrected chi connectivity index (χ2v) is 7.49. The molecule has 2 rings (SSSR count). The zero-order valence-electron chi connectivity index (χ0n) is 12.0. The van der Waals surface area contributed by atoms with Crippen LogP contribution < -0.4 is 5.73 Å². The highest BCUT2D eigenvalue weighted by Crippen LogP contribution is 2.39. The van der Waals surface area contributed by atoms with Gasteiger partial charge in [-0.15, -0.1) is 0 Å². The Labute approximate surface area is 116 Å². The Morgan fingerprint density at radius 3 is 2.83 bits per heavy atom. The minimum absolute atomic E-state index is 0.411. The van der Waals surface area contributed by atoms with Gasteiger partial charge in [0.1, 0.15) is 0 Å². The van der Waals surface area contributed by atoms with Crippen molar-refractivity contribution in [3.05, 3.63) is 0 Å². The molecule has 3 unspecified atom stereocenters. The Hall–Kier alpha value is 0.230. The van der Waals surface area contributed by atoms with Crippen LogP contribution in [0.5, 0.6) is 0 Å². The van der Waals surface area contributed by atoms with E-state index in [0.29, 0.717) is 23.6 Å². The molecule has 106 valence electrons. The van der Waals surface area contributed by atoms with Crippen LogP contribution in [-0.2, 0) is 4.74 Å². The number of methoxy groups -OCH3 is 1. The number of ether oxygens (including phenoxy) is 1. The highest BCUT2D eigenvalue weighted by molar-refractivity contribution is 7.99. The number of nitrogens with two attached hydrogens (primary N) is 1. The maximum absolute atomic E-state index is 6.00. The van der Waals surface area contributed by atoms with Crippen molar-refractivity contribution in [1.82, 2.24) is 4.90 Å². The molecule has 3 nitrogen and oxygen atoms in total. The summed E-state index contributed by atoms with van der Waals surface area (Å²) in [6.07, 6.45) is 3.99. The summed E-state index contributed by atoms with van der Waals surface area (Å²) >= 11 is 2.10. The summed E-state index contributed by atoms with van der Waals surface area (Å²) in [4.78, 5) is 2.68. The first-order valence-electron chi connectivity index (χ1n) is 7.15. The molecule has 2 saturated heterocycles. The van der Waals surface area contributed by atoms with Gasteiger partial charge in [0.2, 0.25) is 0 Å². The van der Waals surface area contributed by atoms with Crippen molar-refractivity contribution in [3.8, 4) is 0 Å². The van der Waals surface area contributed by atoms with Crippen LogP contribution in [0.3, 0.4) is 0 Å². The van der Waals surface area contributed by atoms with Gasteiger partial charge in [-0.25, -0.2) is 0 Å². The molecule has 2 N–H and O–H groups in total. The summed E-state index contributed by atoms with van der Waals surface area (Å²) in [5, 5.41) is 0. The predicted octanol–water partition coefficient (Wildman–Crippen LogP) is 1.96. The summed E-state index contributed by atoms with van der Waals surface area (Å²) in [5.74, 6) is 2.58. The lowest BCUT2D eigenvalue weighted by atomic mass is 9.79. The molecular formula is C14H28N2OS. The Balaban J connectivity index is 2.06. The lowest BCUT2D eigenvalue weighted by Crippen LogP contribution is -2.58. The molecule has 0 aliphatic carbocycles. The molecular weight excluding hydrogens is 244 g/mol. The molecule has 0 amide bonds. The topological polar surface area (TPSA) is 38.5 Å². The summed E-state index contributed by atoms with van der Waals surface area (Å²) in [7, 11) is 1.83. The van der Waals surface area contributed by atoms with Gasteiger partial charge in [-0.3, -0.25) is 4.90 Å².